The molecule has 1 aromatic carbocycles. The summed E-state index contributed by atoms with van der Waals surface area (Å²) in [6.45, 7) is 5.07. The lowest BCUT2D eigenvalue weighted by Crippen LogP contribution is -2.16. The minimum atomic E-state index is -0.924. The largest absolute Gasteiger partial charge is 0.478 e. The normalized spacial score (nSPS) is 10.7. The predicted octanol–water partition coefficient (Wildman–Crippen LogP) is 2.55. The Bertz CT molecular complexity index is 410. The van der Waals surface area contributed by atoms with Crippen LogP contribution >= 0.6 is 0 Å². The van der Waals surface area contributed by atoms with E-state index in [1.807, 2.05) is 32.2 Å². The Labute approximate surface area is 96.0 Å². The highest BCUT2D eigenvalue weighted by Crippen LogP contribution is 2.20. The van der Waals surface area contributed by atoms with Crippen molar-refractivity contribution in [2.45, 2.75) is 13.8 Å². The number of rotatable bonds is 4. The molecule has 16 heavy (non-hydrogen) atoms. The fraction of sp³-hybridized carbons (Fsp3) is 0.308. The standard InChI is InChI=1S/C13H17NO2/c1-4-14(3)12-7-5-11(9-10(12)2)6-8-13(15)16/h5-9H,4H2,1-3H3,(H,15,16). The van der Waals surface area contributed by atoms with Crippen LogP contribution in [0, 0.1) is 6.92 Å². The average Bonchev–Trinajstić information content (AvgIpc) is 2.25. The smallest absolute Gasteiger partial charge is 0.328 e. The lowest BCUT2D eigenvalue weighted by Gasteiger charge is -2.19. The molecule has 0 radical (unpaired) electrons. The monoisotopic (exact) mass is 219 g/mol. The Morgan fingerprint density at radius 3 is 2.69 bits per heavy atom. The Morgan fingerprint density at radius 1 is 1.50 bits per heavy atom. The van der Waals surface area contributed by atoms with Gasteiger partial charge in [-0.15, -0.1) is 0 Å². The topological polar surface area (TPSA) is 40.5 Å². The second kappa shape index (κ2) is 5.35. The summed E-state index contributed by atoms with van der Waals surface area (Å²) >= 11 is 0. The summed E-state index contributed by atoms with van der Waals surface area (Å²) in [5.41, 5.74) is 3.24. The van der Waals surface area contributed by atoms with Crippen LogP contribution in [0.3, 0.4) is 0 Å². The van der Waals surface area contributed by atoms with Gasteiger partial charge in [0.05, 0.1) is 0 Å². The number of carboxylic acid groups (broad SMARTS) is 1. The number of benzene rings is 1. The van der Waals surface area contributed by atoms with E-state index in [-0.39, 0.29) is 0 Å². The summed E-state index contributed by atoms with van der Waals surface area (Å²) in [6.07, 6.45) is 2.75. The van der Waals surface area contributed by atoms with Gasteiger partial charge in [-0.3, -0.25) is 0 Å². The number of nitrogens with zero attached hydrogens (tertiary/aromatic N) is 1. The van der Waals surface area contributed by atoms with Gasteiger partial charge in [0, 0.05) is 25.4 Å². The van der Waals surface area contributed by atoms with E-state index in [0.29, 0.717) is 0 Å². The third-order valence-electron chi connectivity index (χ3n) is 2.52. The van der Waals surface area contributed by atoms with Gasteiger partial charge in [0.25, 0.3) is 0 Å². The molecule has 0 saturated heterocycles. The van der Waals surface area contributed by atoms with Crippen molar-refractivity contribution in [1.29, 1.82) is 0 Å². The van der Waals surface area contributed by atoms with Crippen LogP contribution in [-0.4, -0.2) is 24.7 Å². The van der Waals surface area contributed by atoms with Gasteiger partial charge in [-0.2, -0.15) is 0 Å². The van der Waals surface area contributed by atoms with E-state index < -0.39 is 5.97 Å². The van der Waals surface area contributed by atoms with E-state index >= 15 is 0 Å². The number of aliphatic carboxylic acids is 1. The Morgan fingerprint density at radius 2 is 2.19 bits per heavy atom. The summed E-state index contributed by atoms with van der Waals surface area (Å²) in [5, 5.41) is 8.53. The molecule has 0 aliphatic heterocycles. The maximum absolute atomic E-state index is 10.4. The number of aryl methyl sites for hydroxylation is 1. The Balaban J connectivity index is 2.95. The molecule has 1 rings (SSSR count). The second-order valence-electron chi connectivity index (χ2n) is 3.73. The van der Waals surface area contributed by atoms with Crippen molar-refractivity contribution < 1.29 is 9.90 Å². The van der Waals surface area contributed by atoms with Gasteiger partial charge in [0.2, 0.25) is 0 Å². The second-order valence-corrected chi connectivity index (χ2v) is 3.73. The zero-order chi connectivity index (χ0) is 12.1. The molecule has 0 aliphatic carbocycles. The zero-order valence-corrected chi connectivity index (χ0v) is 9.90. The van der Waals surface area contributed by atoms with Crippen molar-refractivity contribution in [2.75, 3.05) is 18.5 Å². The quantitative estimate of drug-likeness (QED) is 0.791. The molecule has 0 heterocycles. The molecule has 1 N–H and O–H groups in total. The summed E-state index contributed by atoms with van der Waals surface area (Å²) in [7, 11) is 2.04. The van der Waals surface area contributed by atoms with E-state index in [4.69, 9.17) is 5.11 Å². The van der Waals surface area contributed by atoms with Crippen LogP contribution in [0.1, 0.15) is 18.1 Å². The Kier molecular flexibility index (Phi) is 4.11. The van der Waals surface area contributed by atoms with Crippen LogP contribution in [-0.2, 0) is 4.79 Å². The summed E-state index contributed by atoms with van der Waals surface area (Å²) in [4.78, 5) is 12.5. The van der Waals surface area contributed by atoms with Crippen molar-refractivity contribution >= 4 is 17.7 Å². The molecular formula is C13H17NO2. The molecule has 0 saturated carbocycles. The molecule has 0 atom stereocenters. The lowest BCUT2D eigenvalue weighted by molar-refractivity contribution is -0.131. The van der Waals surface area contributed by atoms with Gasteiger partial charge in [0.15, 0.2) is 0 Å². The van der Waals surface area contributed by atoms with Gasteiger partial charge in [-0.25, -0.2) is 4.79 Å². The molecule has 0 aromatic heterocycles. The molecule has 0 bridgehead atoms. The number of carboxylic acids is 1. The first kappa shape index (κ1) is 12.3. The van der Waals surface area contributed by atoms with Gasteiger partial charge in [0.1, 0.15) is 0 Å². The number of hydrogen-bond acceptors (Lipinski definition) is 2. The average molecular weight is 219 g/mol. The van der Waals surface area contributed by atoms with Crippen LogP contribution < -0.4 is 4.90 Å². The third kappa shape index (κ3) is 3.12. The van der Waals surface area contributed by atoms with Crippen LogP contribution in [0.2, 0.25) is 0 Å². The molecule has 0 amide bonds. The third-order valence-corrected chi connectivity index (χ3v) is 2.52. The number of carbonyl (C=O) groups is 1. The minimum Gasteiger partial charge on any atom is -0.478 e. The maximum atomic E-state index is 10.4. The molecule has 0 aliphatic rings. The van der Waals surface area contributed by atoms with Crippen molar-refractivity contribution in [3.8, 4) is 0 Å². The fourth-order valence-corrected chi connectivity index (χ4v) is 1.55. The molecule has 3 heteroatoms. The van der Waals surface area contributed by atoms with Crippen LogP contribution in [0.15, 0.2) is 24.3 Å². The molecule has 86 valence electrons. The van der Waals surface area contributed by atoms with Crippen LogP contribution in [0.5, 0.6) is 0 Å². The summed E-state index contributed by atoms with van der Waals surface area (Å²) < 4.78 is 0. The number of anilines is 1. The lowest BCUT2D eigenvalue weighted by atomic mass is 10.1. The predicted molar refractivity (Wildman–Crippen MR) is 66.8 cm³/mol. The Hall–Kier alpha value is -1.77. The van der Waals surface area contributed by atoms with Crippen LogP contribution in [0.4, 0.5) is 5.69 Å². The van der Waals surface area contributed by atoms with Crippen LogP contribution in [0.25, 0.3) is 6.08 Å². The zero-order valence-electron chi connectivity index (χ0n) is 9.90. The molecule has 3 nitrogen and oxygen atoms in total. The molecule has 0 unspecified atom stereocenters. The number of hydrogen-bond donors (Lipinski definition) is 1. The van der Waals surface area contributed by atoms with Gasteiger partial charge < -0.3 is 10.0 Å². The van der Waals surface area contributed by atoms with E-state index in [1.54, 1.807) is 6.08 Å². The highest BCUT2D eigenvalue weighted by atomic mass is 16.4. The van der Waals surface area contributed by atoms with Gasteiger partial charge in [-0.05, 0) is 43.2 Å². The first-order chi connectivity index (χ1) is 7.54. The first-order valence-corrected chi connectivity index (χ1v) is 5.27. The molecule has 0 fully saturated rings. The van der Waals surface area contributed by atoms with E-state index in [0.717, 1.165) is 23.7 Å². The van der Waals surface area contributed by atoms with Gasteiger partial charge in [-0.1, -0.05) is 6.07 Å². The molecular weight excluding hydrogens is 202 g/mol. The van der Waals surface area contributed by atoms with Crippen molar-refractivity contribution in [3.05, 3.63) is 35.4 Å². The highest BCUT2D eigenvalue weighted by Gasteiger charge is 2.02. The fourth-order valence-electron chi connectivity index (χ4n) is 1.55. The maximum Gasteiger partial charge on any atom is 0.328 e. The van der Waals surface area contributed by atoms with Crippen molar-refractivity contribution in [2.24, 2.45) is 0 Å². The summed E-state index contributed by atoms with van der Waals surface area (Å²) in [6, 6.07) is 5.93. The van der Waals surface area contributed by atoms with Gasteiger partial charge >= 0.3 is 5.97 Å². The SMILES string of the molecule is CCN(C)c1ccc(C=CC(=O)O)cc1C. The van der Waals surface area contributed by atoms with E-state index in [1.165, 1.54) is 5.69 Å². The van der Waals surface area contributed by atoms with E-state index in [9.17, 15) is 4.79 Å². The van der Waals surface area contributed by atoms with E-state index in [2.05, 4.69) is 11.8 Å². The molecule has 0 spiro atoms. The van der Waals surface area contributed by atoms with Crippen molar-refractivity contribution in [3.63, 3.8) is 0 Å². The minimum absolute atomic E-state index is 0.910. The van der Waals surface area contributed by atoms with Crippen molar-refractivity contribution in [1.82, 2.24) is 0 Å². The summed E-state index contributed by atoms with van der Waals surface area (Å²) in [5.74, 6) is -0.924. The highest BCUT2D eigenvalue weighted by molar-refractivity contribution is 5.85. The molecule has 1 aromatic rings. The first-order valence-electron chi connectivity index (χ1n) is 5.27.